The Morgan fingerprint density at radius 3 is 2.47 bits per heavy atom. The van der Waals surface area contributed by atoms with Crippen LogP contribution in [-0.4, -0.2) is 101 Å². The predicted molar refractivity (Wildman–Crippen MR) is 240 cm³/mol. The second-order valence-corrected chi connectivity index (χ2v) is 16.5. The van der Waals surface area contributed by atoms with E-state index in [2.05, 4.69) is 57.0 Å². The van der Waals surface area contributed by atoms with Gasteiger partial charge in [0.2, 0.25) is 5.91 Å². The van der Waals surface area contributed by atoms with Gasteiger partial charge in [-0.2, -0.15) is 0 Å². The van der Waals surface area contributed by atoms with E-state index in [-0.39, 0.29) is 23.8 Å². The zero-order valence-electron chi connectivity index (χ0n) is 36.9. The minimum Gasteiger partial charge on any atom is -0.488 e. The molecule has 16 heteroatoms. The minimum absolute atomic E-state index is 0.0306. The second kappa shape index (κ2) is 18.8. The molecule has 64 heavy (non-hydrogen) atoms. The van der Waals surface area contributed by atoms with Gasteiger partial charge in [0.25, 0.3) is 5.91 Å². The molecule has 16 nitrogen and oxygen atoms in total. The van der Waals surface area contributed by atoms with Gasteiger partial charge < -0.3 is 49.3 Å². The number of ether oxygens (including phenoxy) is 4. The lowest BCUT2D eigenvalue weighted by Crippen LogP contribution is -2.50. The van der Waals surface area contributed by atoms with E-state index in [0.29, 0.717) is 49.9 Å². The second-order valence-electron chi connectivity index (χ2n) is 16.5. The van der Waals surface area contributed by atoms with Crippen molar-refractivity contribution >= 4 is 45.8 Å². The fourth-order valence-corrected chi connectivity index (χ4v) is 8.92. The van der Waals surface area contributed by atoms with Gasteiger partial charge in [-0.3, -0.25) is 9.59 Å². The monoisotopic (exact) mass is 870 g/mol. The first kappa shape index (κ1) is 43.7. The maximum atomic E-state index is 14.1. The summed E-state index contributed by atoms with van der Waals surface area (Å²) in [5.41, 5.74) is 7.07. The number of nitrogens with zero attached hydrogens (tertiary/aromatic N) is 4. The zero-order chi connectivity index (χ0) is 45.1. The number of nitrogens with one attached hydrogen (secondary N) is 4. The number of amides is 4. The van der Waals surface area contributed by atoms with Crippen molar-refractivity contribution in [1.29, 1.82) is 0 Å². The standard InChI is InChI=1S/C48H54N8O8/c1-7-36(52-47(59)62-5)45(57)56(24-27(2)25-61-4)28(3)43-49-23-38(51-43)31-15-17-33-32(20-31)26-64-40-22-34-30(21-35(33)40)16-18-37-42(34)53-44(50-37)39-14-11-19-55(39)46(58)41(54-48(60)63-6)29-12-9-8-10-13-29/h8-10,12-13,15-18,20-23,27-28,36,39,41H,7,11,14,19,24-26H2,1-6H3,(H,49,51)(H,50,53)(H,52,59)(H,54,60)/t27-,28-,36?,39-,41+/m0/s1. The molecule has 8 rings (SSSR count). The molecule has 0 aliphatic carbocycles. The van der Waals surface area contributed by atoms with Crippen LogP contribution in [-0.2, 0) is 30.4 Å². The Morgan fingerprint density at radius 1 is 0.938 bits per heavy atom. The van der Waals surface area contributed by atoms with Crippen LogP contribution in [0.1, 0.15) is 80.9 Å². The van der Waals surface area contributed by atoms with Gasteiger partial charge in [0.05, 0.1) is 55.8 Å². The first-order valence-corrected chi connectivity index (χ1v) is 21.6. The Kier molecular flexibility index (Phi) is 12.8. The number of carbonyl (C=O) groups excluding carboxylic acids is 4. The average molecular weight is 871 g/mol. The fourth-order valence-electron chi connectivity index (χ4n) is 8.92. The Hall–Kier alpha value is -6.94. The van der Waals surface area contributed by atoms with Crippen LogP contribution in [0, 0.1) is 5.92 Å². The van der Waals surface area contributed by atoms with E-state index in [4.69, 9.17) is 28.9 Å². The molecule has 6 aromatic rings. The van der Waals surface area contributed by atoms with Crippen molar-refractivity contribution in [3.8, 4) is 28.1 Å². The third-order valence-corrected chi connectivity index (χ3v) is 12.2. The van der Waals surface area contributed by atoms with Crippen LogP contribution in [0.4, 0.5) is 9.59 Å². The number of H-pyrrole nitrogens is 2. The molecule has 2 aromatic heterocycles. The summed E-state index contributed by atoms with van der Waals surface area (Å²) in [6, 6.07) is 21.3. The molecule has 2 aliphatic rings. The number of likely N-dealkylation sites (tertiary alicyclic amines) is 1. The molecule has 334 valence electrons. The van der Waals surface area contributed by atoms with Gasteiger partial charge in [-0.05, 0) is 84.0 Å². The SMILES string of the molecule is CCC(NC(=O)OC)C(=O)N(C[C@H](C)COC)[C@@H](C)c1ncc(-c2ccc3c(c2)COc2cc4c(ccc5nc([C@@H]6CCCN6C(=O)[C@H](NC(=O)OC)c6ccccc6)[nH]c54)cc2-3)[nH]1. The molecule has 4 aromatic carbocycles. The number of aromatic amines is 2. The average Bonchev–Trinajstić information content (AvgIpc) is 4.11. The summed E-state index contributed by atoms with van der Waals surface area (Å²) in [6.45, 7) is 7.52. The van der Waals surface area contributed by atoms with Gasteiger partial charge >= 0.3 is 12.2 Å². The summed E-state index contributed by atoms with van der Waals surface area (Å²) in [6.07, 6.45) is 2.34. The number of hydrogen-bond acceptors (Lipinski definition) is 10. The van der Waals surface area contributed by atoms with Crippen molar-refractivity contribution < 1.29 is 38.1 Å². The van der Waals surface area contributed by atoms with E-state index in [9.17, 15) is 19.2 Å². The summed E-state index contributed by atoms with van der Waals surface area (Å²) in [5, 5.41) is 7.36. The Bertz CT molecular complexity index is 2680. The van der Waals surface area contributed by atoms with E-state index in [0.717, 1.165) is 68.3 Å². The first-order valence-electron chi connectivity index (χ1n) is 21.6. The number of hydrogen-bond donors (Lipinski definition) is 4. The van der Waals surface area contributed by atoms with Gasteiger partial charge in [0.1, 0.15) is 36.1 Å². The van der Waals surface area contributed by atoms with E-state index >= 15 is 0 Å². The van der Waals surface area contributed by atoms with Crippen molar-refractivity contribution in [3.05, 3.63) is 102 Å². The van der Waals surface area contributed by atoms with Crippen LogP contribution in [0.15, 0.2) is 79.0 Å². The molecular formula is C48H54N8O8. The smallest absolute Gasteiger partial charge is 0.407 e. The molecule has 1 fully saturated rings. The molecule has 0 bridgehead atoms. The lowest BCUT2D eigenvalue weighted by atomic mass is 9.92. The molecule has 0 spiro atoms. The van der Waals surface area contributed by atoms with Gasteiger partial charge in [-0.25, -0.2) is 19.6 Å². The molecule has 2 aliphatic heterocycles. The van der Waals surface area contributed by atoms with Crippen LogP contribution in [0.3, 0.4) is 0 Å². The largest absolute Gasteiger partial charge is 0.488 e. The third-order valence-electron chi connectivity index (χ3n) is 12.2. The predicted octanol–water partition coefficient (Wildman–Crippen LogP) is 7.73. The highest BCUT2D eigenvalue weighted by molar-refractivity contribution is 6.07. The number of carbonyl (C=O) groups is 4. The third kappa shape index (κ3) is 8.69. The summed E-state index contributed by atoms with van der Waals surface area (Å²) in [7, 11) is 4.18. The lowest BCUT2D eigenvalue weighted by Gasteiger charge is -2.33. The molecule has 4 heterocycles. The van der Waals surface area contributed by atoms with Crippen LogP contribution < -0.4 is 15.4 Å². The van der Waals surface area contributed by atoms with Gasteiger partial charge in [0, 0.05) is 31.1 Å². The number of rotatable bonds is 14. The Morgan fingerprint density at radius 2 is 1.72 bits per heavy atom. The summed E-state index contributed by atoms with van der Waals surface area (Å²) < 4.78 is 21.5. The fraction of sp³-hybridized carbons (Fsp3) is 0.375. The minimum atomic E-state index is -0.908. The quantitative estimate of drug-likeness (QED) is 0.0842. The normalized spacial score (nSPS) is 16.2. The van der Waals surface area contributed by atoms with Crippen LogP contribution in [0.2, 0.25) is 0 Å². The maximum absolute atomic E-state index is 14.1. The van der Waals surface area contributed by atoms with Crippen molar-refractivity contribution in [1.82, 2.24) is 40.4 Å². The number of benzene rings is 4. The molecule has 0 saturated carbocycles. The van der Waals surface area contributed by atoms with Crippen molar-refractivity contribution in [2.45, 2.75) is 70.8 Å². The molecule has 1 unspecified atom stereocenters. The van der Waals surface area contributed by atoms with E-state index < -0.39 is 30.3 Å². The van der Waals surface area contributed by atoms with Gasteiger partial charge in [-0.1, -0.05) is 62.4 Å². The number of fused-ring (bicyclic) bond motifs is 6. The van der Waals surface area contributed by atoms with E-state index in [1.807, 2.05) is 57.2 Å². The topological polar surface area (TPSA) is 193 Å². The molecule has 0 radical (unpaired) electrons. The highest BCUT2D eigenvalue weighted by Crippen LogP contribution is 2.43. The summed E-state index contributed by atoms with van der Waals surface area (Å²) in [5.74, 6) is 1.62. The Labute approximate surface area is 371 Å². The van der Waals surface area contributed by atoms with Crippen molar-refractivity contribution in [2.75, 3.05) is 41.0 Å². The Balaban J connectivity index is 1.04. The van der Waals surface area contributed by atoms with Crippen molar-refractivity contribution in [2.24, 2.45) is 5.92 Å². The highest BCUT2D eigenvalue weighted by Gasteiger charge is 2.37. The number of alkyl carbamates (subject to hydrolysis) is 2. The van der Waals surface area contributed by atoms with Crippen LogP contribution in [0.25, 0.3) is 44.2 Å². The van der Waals surface area contributed by atoms with Crippen molar-refractivity contribution in [3.63, 3.8) is 0 Å². The van der Waals surface area contributed by atoms with E-state index in [1.54, 1.807) is 23.1 Å². The molecule has 1 saturated heterocycles. The first-order chi connectivity index (χ1) is 31.0. The van der Waals surface area contributed by atoms with Gasteiger partial charge in [-0.15, -0.1) is 0 Å². The number of methoxy groups -OCH3 is 3. The van der Waals surface area contributed by atoms with Crippen LogP contribution >= 0.6 is 0 Å². The molecule has 4 N–H and O–H groups in total. The molecular weight excluding hydrogens is 817 g/mol. The van der Waals surface area contributed by atoms with Gasteiger partial charge in [0.15, 0.2) is 0 Å². The number of imidazole rings is 2. The van der Waals surface area contributed by atoms with Crippen LogP contribution in [0.5, 0.6) is 5.75 Å². The zero-order valence-corrected chi connectivity index (χ0v) is 36.9. The highest BCUT2D eigenvalue weighted by atomic mass is 16.5. The molecule has 5 atom stereocenters. The lowest BCUT2D eigenvalue weighted by molar-refractivity contribution is -0.137. The summed E-state index contributed by atoms with van der Waals surface area (Å²) >= 11 is 0. The number of aromatic nitrogens is 4. The summed E-state index contributed by atoms with van der Waals surface area (Å²) in [4.78, 5) is 72.7. The molecule has 4 amide bonds. The van der Waals surface area contributed by atoms with E-state index in [1.165, 1.54) is 14.2 Å². The maximum Gasteiger partial charge on any atom is 0.407 e.